The Bertz CT molecular complexity index is 734. The van der Waals surface area contributed by atoms with Crippen LogP contribution in [0, 0.1) is 0 Å². The molecule has 0 aliphatic heterocycles. The number of benzene rings is 2. The van der Waals surface area contributed by atoms with E-state index < -0.39 is 5.97 Å². The molecule has 0 atom stereocenters. The summed E-state index contributed by atoms with van der Waals surface area (Å²) in [5.41, 5.74) is 0.195. The molecule has 0 aliphatic rings. The Hall–Kier alpha value is -2.42. The Labute approximate surface area is 97.3 Å². The number of aromatic nitrogens is 1. The second-order valence-electron chi connectivity index (χ2n) is 3.89. The maximum Gasteiger partial charge on any atom is 0.0715 e. The summed E-state index contributed by atoms with van der Waals surface area (Å²) < 4.78 is 0. The second kappa shape index (κ2) is 3.56. The molecule has 3 nitrogen and oxygen atoms in total. The minimum Gasteiger partial charge on any atom is -0.545 e. The first-order valence-corrected chi connectivity index (χ1v) is 5.23. The van der Waals surface area contributed by atoms with Crippen LogP contribution in [-0.2, 0) is 0 Å². The summed E-state index contributed by atoms with van der Waals surface area (Å²) in [6, 6.07) is 10.8. The van der Waals surface area contributed by atoms with Gasteiger partial charge in [-0.3, -0.25) is 4.98 Å². The van der Waals surface area contributed by atoms with Gasteiger partial charge in [0.05, 0.1) is 5.97 Å². The Balaban J connectivity index is 2.41. The van der Waals surface area contributed by atoms with Crippen LogP contribution in [0.25, 0.3) is 21.5 Å². The third-order valence-corrected chi connectivity index (χ3v) is 2.87. The monoisotopic (exact) mass is 222 g/mol. The molecule has 0 spiro atoms. The van der Waals surface area contributed by atoms with Crippen LogP contribution in [0.2, 0.25) is 0 Å². The highest BCUT2D eigenvalue weighted by Crippen LogP contribution is 2.25. The zero-order valence-electron chi connectivity index (χ0n) is 8.88. The minimum absolute atomic E-state index is 0.195. The van der Waals surface area contributed by atoms with Gasteiger partial charge in [0.2, 0.25) is 0 Å². The van der Waals surface area contributed by atoms with Crippen LogP contribution in [0.5, 0.6) is 0 Å². The number of hydrogen-bond acceptors (Lipinski definition) is 3. The highest BCUT2D eigenvalue weighted by Gasteiger charge is 2.01. The first-order chi connectivity index (χ1) is 8.25. The predicted molar refractivity (Wildman–Crippen MR) is 63.6 cm³/mol. The van der Waals surface area contributed by atoms with Crippen molar-refractivity contribution in [2.75, 3.05) is 0 Å². The van der Waals surface area contributed by atoms with Crippen molar-refractivity contribution in [1.82, 2.24) is 4.98 Å². The number of aromatic carboxylic acids is 1. The van der Waals surface area contributed by atoms with Gasteiger partial charge in [-0.15, -0.1) is 0 Å². The van der Waals surface area contributed by atoms with E-state index in [1.807, 2.05) is 18.2 Å². The van der Waals surface area contributed by atoms with Gasteiger partial charge in [-0.1, -0.05) is 24.3 Å². The molecule has 3 aromatic rings. The fraction of sp³-hybridized carbons (Fsp3) is 0. The molecule has 17 heavy (non-hydrogen) atoms. The molecule has 1 aromatic heterocycles. The molecule has 82 valence electrons. The van der Waals surface area contributed by atoms with E-state index >= 15 is 0 Å². The van der Waals surface area contributed by atoms with E-state index in [1.54, 1.807) is 30.6 Å². The average Bonchev–Trinajstić information content (AvgIpc) is 2.38. The molecule has 0 N–H and O–H groups in total. The molecule has 0 fully saturated rings. The quantitative estimate of drug-likeness (QED) is 0.589. The summed E-state index contributed by atoms with van der Waals surface area (Å²) in [5, 5.41) is 14.8. The molecule has 0 radical (unpaired) electrons. The molecule has 0 unspecified atom stereocenters. The lowest BCUT2D eigenvalue weighted by Crippen LogP contribution is -2.21. The maximum atomic E-state index is 10.8. The largest absolute Gasteiger partial charge is 0.545 e. The fourth-order valence-corrected chi connectivity index (χ4v) is 2.03. The van der Waals surface area contributed by atoms with Crippen LogP contribution in [0.1, 0.15) is 10.4 Å². The molecule has 0 amide bonds. The van der Waals surface area contributed by atoms with Crippen LogP contribution in [0.3, 0.4) is 0 Å². The predicted octanol–water partition coefficient (Wildman–Crippen LogP) is 1.75. The van der Waals surface area contributed by atoms with Crippen LogP contribution >= 0.6 is 0 Å². The van der Waals surface area contributed by atoms with Crippen LogP contribution in [0.4, 0.5) is 0 Å². The van der Waals surface area contributed by atoms with Gasteiger partial charge >= 0.3 is 0 Å². The van der Waals surface area contributed by atoms with Crippen molar-refractivity contribution < 1.29 is 9.90 Å². The van der Waals surface area contributed by atoms with Crippen molar-refractivity contribution in [2.45, 2.75) is 0 Å². The van der Waals surface area contributed by atoms with E-state index in [9.17, 15) is 9.90 Å². The standard InChI is InChI=1S/C14H9NO2/c16-14(17)11-3-4-12-10(7-11)2-1-9-5-6-15-8-13(9)12/h1-8H,(H,16,17)/p-1. The second-order valence-corrected chi connectivity index (χ2v) is 3.89. The first-order valence-electron chi connectivity index (χ1n) is 5.23. The van der Waals surface area contributed by atoms with Gasteiger partial charge in [0.1, 0.15) is 0 Å². The number of rotatable bonds is 1. The number of fused-ring (bicyclic) bond motifs is 3. The lowest BCUT2D eigenvalue weighted by Gasteiger charge is -2.06. The van der Waals surface area contributed by atoms with Crippen molar-refractivity contribution in [3.05, 3.63) is 54.4 Å². The Kier molecular flexibility index (Phi) is 2.05. The van der Waals surface area contributed by atoms with Gasteiger partial charge < -0.3 is 9.90 Å². The SMILES string of the molecule is O=C([O-])c1ccc2c(ccc3ccncc32)c1. The number of carboxylic acids is 1. The van der Waals surface area contributed by atoms with E-state index in [-0.39, 0.29) is 5.56 Å². The van der Waals surface area contributed by atoms with Crippen molar-refractivity contribution in [2.24, 2.45) is 0 Å². The maximum absolute atomic E-state index is 10.8. The van der Waals surface area contributed by atoms with E-state index in [0.717, 1.165) is 21.5 Å². The Morgan fingerprint density at radius 2 is 1.82 bits per heavy atom. The number of nitrogens with zero attached hydrogens (tertiary/aromatic N) is 1. The van der Waals surface area contributed by atoms with Crippen LogP contribution in [-0.4, -0.2) is 11.0 Å². The van der Waals surface area contributed by atoms with Gasteiger partial charge in [0, 0.05) is 17.8 Å². The fourth-order valence-electron chi connectivity index (χ4n) is 2.03. The summed E-state index contributed by atoms with van der Waals surface area (Å²) in [6.45, 7) is 0. The third-order valence-electron chi connectivity index (χ3n) is 2.87. The van der Waals surface area contributed by atoms with Gasteiger partial charge in [-0.05, 0) is 33.9 Å². The molecule has 0 saturated carbocycles. The highest BCUT2D eigenvalue weighted by molar-refractivity contribution is 6.08. The topological polar surface area (TPSA) is 53.0 Å². The number of hydrogen-bond donors (Lipinski definition) is 0. The number of carboxylic acid groups (broad SMARTS) is 1. The lowest BCUT2D eigenvalue weighted by atomic mass is 10.0. The van der Waals surface area contributed by atoms with Gasteiger partial charge in [-0.2, -0.15) is 0 Å². The molecule has 3 heteroatoms. The summed E-state index contributed by atoms with van der Waals surface area (Å²) in [6.07, 6.45) is 3.53. The summed E-state index contributed by atoms with van der Waals surface area (Å²) in [5.74, 6) is -1.15. The summed E-state index contributed by atoms with van der Waals surface area (Å²) in [7, 11) is 0. The van der Waals surface area contributed by atoms with Crippen LogP contribution in [0.15, 0.2) is 48.8 Å². The molecule has 2 aromatic carbocycles. The lowest BCUT2D eigenvalue weighted by molar-refractivity contribution is -0.255. The van der Waals surface area contributed by atoms with Crippen molar-refractivity contribution in [1.29, 1.82) is 0 Å². The van der Waals surface area contributed by atoms with Gasteiger partial charge in [-0.25, -0.2) is 0 Å². The van der Waals surface area contributed by atoms with Crippen molar-refractivity contribution >= 4 is 27.5 Å². The van der Waals surface area contributed by atoms with E-state index in [1.165, 1.54) is 0 Å². The van der Waals surface area contributed by atoms with Crippen LogP contribution < -0.4 is 5.11 Å². The smallest absolute Gasteiger partial charge is 0.0715 e. The molecule has 0 aliphatic carbocycles. The number of carbonyl (C=O) groups excluding carboxylic acids is 1. The van der Waals surface area contributed by atoms with E-state index in [2.05, 4.69) is 4.98 Å². The van der Waals surface area contributed by atoms with E-state index in [0.29, 0.717) is 0 Å². The Morgan fingerprint density at radius 3 is 2.65 bits per heavy atom. The normalized spacial score (nSPS) is 10.8. The third kappa shape index (κ3) is 1.52. The zero-order chi connectivity index (χ0) is 11.8. The van der Waals surface area contributed by atoms with Gasteiger partial charge in [0.25, 0.3) is 0 Å². The number of pyridine rings is 1. The zero-order valence-corrected chi connectivity index (χ0v) is 8.88. The highest BCUT2D eigenvalue weighted by atomic mass is 16.4. The first kappa shape index (κ1) is 9.78. The molecular weight excluding hydrogens is 214 g/mol. The molecule has 0 bridgehead atoms. The van der Waals surface area contributed by atoms with Crippen molar-refractivity contribution in [3.63, 3.8) is 0 Å². The molecule has 1 heterocycles. The van der Waals surface area contributed by atoms with Gasteiger partial charge in [0.15, 0.2) is 0 Å². The molecular formula is C14H8NO2-. The average molecular weight is 222 g/mol. The number of carbonyl (C=O) groups is 1. The minimum atomic E-state index is -1.15. The van der Waals surface area contributed by atoms with E-state index in [4.69, 9.17) is 0 Å². The summed E-state index contributed by atoms with van der Waals surface area (Å²) in [4.78, 5) is 14.9. The summed E-state index contributed by atoms with van der Waals surface area (Å²) >= 11 is 0. The molecule has 3 rings (SSSR count). The molecule has 0 saturated heterocycles. The Morgan fingerprint density at radius 1 is 1.00 bits per heavy atom. The van der Waals surface area contributed by atoms with Crippen molar-refractivity contribution in [3.8, 4) is 0 Å².